The summed E-state index contributed by atoms with van der Waals surface area (Å²) in [5, 5.41) is 12.1. The summed E-state index contributed by atoms with van der Waals surface area (Å²) < 4.78 is 0. The minimum absolute atomic E-state index is 0.0154. The van der Waals surface area contributed by atoms with E-state index >= 15 is 0 Å². The molecule has 20 heavy (non-hydrogen) atoms. The Kier molecular flexibility index (Phi) is 3.17. The van der Waals surface area contributed by atoms with Crippen LogP contribution in [-0.4, -0.2) is 27.0 Å². The van der Waals surface area contributed by atoms with Gasteiger partial charge in [0.05, 0.1) is 11.8 Å². The molecule has 3 rings (SSSR count). The molecule has 7 heteroatoms. The van der Waals surface area contributed by atoms with Crippen molar-refractivity contribution in [2.45, 2.75) is 6.42 Å². The molecule has 6 nitrogen and oxygen atoms in total. The maximum Gasteiger partial charge on any atom is 0.307 e. The van der Waals surface area contributed by atoms with E-state index in [9.17, 15) is 14.7 Å². The van der Waals surface area contributed by atoms with Crippen LogP contribution in [0.2, 0.25) is 5.15 Å². The molecule has 2 aliphatic rings. The molecule has 2 aliphatic carbocycles. The number of carboxylic acids is 1. The summed E-state index contributed by atoms with van der Waals surface area (Å²) in [4.78, 5) is 31.3. The van der Waals surface area contributed by atoms with Gasteiger partial charge in [0.25, 0.3) is 0 Å². The van der Waals surface area contributed by atoms with E-state index in [0.29, 0.717) is 0 Å². The van der Waals surface area contributed by atoms with Crippen molar-refractivity contribution in [1.82, 2.24) is 9.97 Å². The highest BCUT2D eigenvalue weighted by Crippen LogP contribution is 2.48. The molecule has 1 amide bonds. The van der Waals surface area contributed by atoms with Gasteiger partial charge in [-0.05, 0) is 18.3 Å². The van der Waals surface area contributed by atoms with Gasteiger partial charge in [-0.1, -0.05) is 23.8 Å². The number of fused-ring (bicyclic) bond motifs is 2. The maximum atomic E-state index is 12.3. The standard InChI is InChI=1S/C13H12ClN3O3/c14-8-4-9(16-5-15-8)17-12(18)10-6-1-2-7(3-6)11(10)13(19)20/h1-2,4-7,10-11H,3H2,(H,19,20)(H,15,16,17,18). The largest absolute Gasteiger partial charge is 0.481 e. The molecule has 1 aromatic heterocycles. The van der Waals surface area contributed by atoms with Crippen molar-refractivity contribution >= 4 is 29.3 Å². The SMILES string of the molecule is O=C(O)C1C2C=CC(C2)C1C(=O)Nc1cc(Cl)ncn1. The summed E-state index contributed by atoms with van der Waals surface area (Å²) in [6.07, 6.45) is 5.79. The fourth-order valence-electron chi connectivity index (χ4n) is 3.13. The smallest absolute Gasteiger partial charge is 0.307 e. The first kappa shape index (κ1) is 13.1. The predicted octanol–water partition coefficient (Wildman–Crippen LogP) is 1.59. The number of aliphatic carboxylic acids is 1. The second kappa shape index (κ2) is 4.86. The zero-order valence-electron chi connectivity index (χ0n) is 10.4. The zero-order chi connectivity index (χ0) is 14.3. The molecular formula is C13H12ClN3O3. The third-order valence-corrected chi connectivity index (χ3v) is 4.14. The van der Waals surface area contributed by atoms with Crippen LogP contribution in [-0.2, 0) is 9.59 Å². The van der Waals surface area contributed by atoms with Gasteiger partial charge in [-0.15, -0.1) is 0 Å². The average Bonchev–Trinajstić information content (AvgIpc) is 2.98. The van der Waals surface area contributed by atoms with Crippen LogP contribution in [0, 0.1) is 23.7 Å². The molecule has 104 valence electrons. The number of aromatic nitrogens is 2. The molecule has 0 spiro atoms. The van der Waals surface area contributed by atoms with Gasteiger partial charge >= 0.3 is 5.97 Å². The number of halogens is 1. The van der Waals surface area contributed by atoms with Gasteiger partial charge < -0.3 is 10.4 Å². The Balaban J connectivity index is 1.80. The van der Waals surface area contributed by atoms with Gasteiger partial charge in [-0.3, -0.25) is 9.59 Å². The minimum Gasteiger partial charge on any atom is -0.481 e. The maximum absolute atomic E-state index is 12.3. The Morgan fingerprint density at radius 1 is 1.25 bits per heavy atom. The van der Waals surface area contributed by atoms with E-state index in [-0.39, 0.29) is 28.7 Å². The molecule has 0 saturated heterocycles. The van der Waals surface area contributed by atoms with Crippen LogP contribution >= 0.6 is 11.6 Å². The normalized spacial score (nSPS) is 30.4. The Morgan fingerprint density at radius 3 is 2.60 bits per heavy atom. The lowest BCUT2D eigenvalue weighted by molar-refractivity contribution is -0.146. The van der Waals surface area contributed by atoms with Gasteiger partial charge in [0.1, 0.15) is 17.3 Å². The minimum atomic E-state index is -0.928. The lowest BCUT2D eigenvalue weighted by atomic mass is 9.82. The van der Waals surface area contributed by atoms with Gasteiger partial charge in [0.2, 0.25) is 5.91 Å². The van der Waals surface area contributed by atoms with Crippen LogP contribution in [0.3, 0.4) is 0 Å². The van der Waals surface area contributed by atoms with Gasteiger partial charge in [-0.2, -0.15) is 0 Å². The van der Waals surface area contributed by atoms with Crippen molar-refractivity contribution in [3.63, 3.8) is 0 Å². The summed E-state index contributed by atoms with van der Waals surface area (Å²) in [5.41, 5.74) is 0. The number of hydrogen-bond acceptors (Lipinski definition) is 4. The van der Waals surface area contributed by atoms with Crippen LogP contribution < -0.4 is 5.32 Å². The number of rotatable bonds is 3. The molecule has 4 unspecified atom stereocenters. The molecule has 0 aromatic carbocycles. The molecule has 1 aromatic rings. The highest BCUT2D eigenvalue weighted by molar-refractivity contribution is 6.29. The highest BCUT2D eigenvalue weighted by atomic mass is 35.5. The number of amides is 1. The van der Waals surface area contributed by atoms with Crippen molar-refractivity contribution in [1.29, 1.82) is 0 Å². The number of carbonyl (C=O) groups is 2. The zero-order valence-corrected chi connectivity index (χ0v) is 11.1. The molecular weight excluding hydrogens is 282 g/mol. The Labute approximate surface area is 119 Å². The molecule has 0 aliphatic heterocycles. The molecule has 4 atom stereocenters. The van der Waals surface area contributed by atoms with Gasteiger partial charge in [0.15, 0.2) is 0 Å². The van der Waals surface area contributed by atoms with E-state index in [2.05, 4.69) is 15.3 Å². The Bertz CT molecular complexity index is 604. The number of nitrogens with zero attached hydrogens (tertiary/aromatic N) is 2. The molecule has 2 N–H and O–H groups in total. The van der Waals surface area contributed by atoms with E-state index in [4.69, 9.17) is 11.6 Å². The third-order valence-electron chi connectivity index (χ3n) is 3.93. The van der Waals surface area contributed by atoms with Crippen LogP contribution in [0.4, 0.5) is 5.82 Å². The van der Waals surface area contributed by atoms with Crippen LogP contribution in [0.25, 0.3) is 0 Å². The highest BCUT2D eigenvalue weighted by Gasteiger charge is 2.51. The molecule has 0 radical (unpaired) electrons. The van der Waals surface area contributed by atoms with E-state index in [1.54, 1.807) is 0 Å². The summed E-state index contributed by atoms with van der Waals surface area (Å²) in [7, 11) is 0. The molecule has 1 heterocycles. The Morgan fingerprint density at radius 2 is 1.95 bits per heavy atom. The quantitative estimate of drug-likeness (QED) is 0.652. The fraction of sp³-hybridized carbons (Fsp3) is 0.385. The molecule has 1 saturated carbocycles. The second-order valence-corrected chi connectivity index (χ2v) is 5.44. The second-order valence-electron chi connectivity index (χ2n) is 5.05. The summed E-state index contributed by atoms with van der Waals surface area (Å²) in [6, 6.07) is 1.43. The van der Waals surface area contributed by atoms with E-state index in [0.717, 1.165) is 6.42 Å². The van der Waals surface area contributed by atoms with Gasteiger partial charge in [0, 0.05) is 6.07 Å². The fourth-order valence-corrected chi connectivity index (χ4v) is 3.27. The average molecular weight is 294 g/mol. The van der Waals surface area contributed by atoms with Crippen molar-refractivity contribution < 1.29 is 14.7 Å². The van der Waals surface area contributed by atoms with Crippen LogP contribution in [0.5, 0.6) is 0 Å². The first-order valence-corrected chi connectivity index (χ1v) is 6.63. The topological polar surface area (TPSA) is 92.2 Å². The summed E-state index contributed by atoms with van der Waals surface area (Å²) in [5.74, 6) is -2.27. The first-order valence-electron chi connectivity index (χ1n) is 6.26. The van der Waals surface area contributed by atoms with E-state index in [1.165, 1.54) is 12.4 Å². The lowest BCUT2D eigenvalue weighted by Crippen LogP contribution is -2.36. The number of allylic oxidation sites excluding steroid dienone is 2. The number of carboxylic acid groups (broad SMARTS) is 1. The number of anilines is 1. The Hall–Kier alpha value is -1.95. The summed E-state index contributed by atoms with van der Waals surface area (Å²) in [6.45, 7) is 0. The van der Waals surface area contributed by atoms with E-state index < -0.39 is 17.8 Å². The van der Waals surface area contributed by atoms with Crippen molar-refractivity contribution in [3.8, 4) is 0 Å². The molecule has 1 fully saturated rings. The van der Waals surface area contributed by atoms with Crippen molar-refractivity contribution in [2.75, 3.05) is 5.32 Å². The van der Waals surface area contributed by atoms with Crippen LogP contribution in [0.15, 0.2) is 24.5 Å². The number of nitrogens with one attached hydrogen (secondary N) is 1. The van der Waals surface area contributed by atoms with Crippen molar-refractivity contribution in [3.05, 3.63) is 29.7 Å². The predicted molar refractivity (Wildman–Crippen MR) is 71.0 cm³/mol. The van der Waals surface area contributed by atoms with Gasteiger partial charge in [-0.25, -0.2) is 9.97 Å². The van der Waals surface area contributed by atoms with Crippen LogP contribution in [0.1, 0.15) is 6.42 Å². The summed E-state index contributed by atoms with van der Waals surface area (Å²) >= 11 is 5.72. The van der Waals surface area contributed by atoms with Crippen molar-refractivity contribution in [2.24, 2.45) is 23.7 Å². The lowest BCUT2D eigenvalue weighted by Gasteiger charge is -2.23. The van der Waals surface area contributed by atoms with E-state index in [1.807, 2.05) is 12.2 Å². The molecule has 2 bridgehead atoms. The number of hydrogen-bond donors (Lipinski definition) is 2. The number of carbonyl (C=O) groups excluding carboxylic acids is 1. The first-order chi connectivity index (χ1) is 9.56. The third kappa shape index (κ3) is 2.16. The monoisotopic (exact) mass is 293 g/mol.